The average Bonchev–Trinajstić information content (AvgIpc) is 2.51. The third-order valence-corrected chi connectivity index (χ3v) is 3.26. The van der Waals surface area contributed by atoms with Crippen LogP contribution in [0.3, 0.4) is 0 Å². The number of aryl methyl sites for hydroxylation is 1. The third kappa shape index (κ3) is 4.81. The lowest BCUT2D eigenvalue weighted by Crippen LogP contribution is -2.23. The Morgan fingerprint density at radius 1 is 1.14 bits per heavy atom. The summed E-state index contributed by atoms with van der Waals surface area (Å²) >= 11 is 0. The van der Waals surface area contributed by atoms with Gasteiger partial charge >= 0.3 is 0 Å². The quantitative estimate of drug-likeness (QED) is 0.635. The van der Waals surface area contributed by atoms with E-state index in [4.69, 9.17) is 10.5 Å². The van der Waals surface area contributed by atoms with Crippen molar-refractivity contribution < 1.29 is 4.74 Å². The van der Waals surface area contributed by atoms with Crippen LogP contribution in [0.1, 0.15) is 18.1 Å². The minimum atomic E-state index is 0.428. The van der Waals surface area contributed by atoms with Crippen LogP contribution in [-0.2, 0) is 6.42 Å². The fraction of sp³-hybridized carbons (Fsp3) is 0.278. The number of nitrogens with two attached hydrogens (primary N) is 1. The lowest BCUT2D eigenvalue weighted by atomic mass is 10.1. The van der Waals surface area contributed by atoms with E-state index in [0.29, 0.717) is 19.1 Å². The lowest BCUT2D eigenvalue weighted by Gasteiger charge is -2.09. The first kappa shape index (κ1) is 15.9. The summed E-state index contributed by atoms with van der Waals surface area (Å²) in [5.41, 5.74) is 9.22. The van der Waals surface area contributed by atoms with Crippen LogP contribution in [0.4, 0.5) is 5.69 Å². The van der Waals surface area contributed by atoms with Gasteiger partial charge in [-0.05, 0) is 44.0 Å². The molecule has 2 rings (SSSR count). The van der Waals surface area contributed by atoms with E-state index in [-0.39, 0.29) is 0 Å². The second-order valence-electron chi connectivity index (χ2n) is 5.05. The molecule has 0 fully saturated rings. The summed E-state index contributed by atoms with van der Waals surface area (Å²) in [6.07, 6.45) is 0.798. The Morgan fingerprint density at radius 3 is 2.59 bits per heavy atom. The van der Waals surface area contributed by atoms with E-state index in [0.717, 1.165) is 23.4 Å². The van der Waals surface area contributed by atoms with Gasteiger partial charge in [0.2, 0.25) is 0 Å². The molecule has 0 atom stereocenters. The molecule has 0 aliphatic rings. The summed E-state index contributed by atoms with van der Waals surface area (Å²) in [5, 5.41) is 3.09. The summed E-state index contributed by atoms with van der Waals surface area (Å²) in [6.45, 7) is 5.32. The van der Waals surface area contributed by atoms with Gasteiger partial charge in [-0.1, -0.05) is 35.9 Å². The van der Waals surface area contributed by atoms with E-state index >= 15 is 0 Å². The van der Waals surface area contributed by atoms with Crippen molar-refractivity contribution in [3.8, 4) is 5.75 Å². The Labute approximate surface area is 132 Å². The zero-order valence-corrected chi connectivity index (χ0v) is 13.2. The van der Waals surface area contributed by atoms with Crippen molar-refractivity contribution in [2.24, 2.45) is 10.7 Å². The SMILES string of the molecule is CCOc1ccccc1CCN=C(N)Nc1ccc(C)cc1. The largest absolute Gasteiger partial charge is 0.494 e. The van der Waals surface area contributed by atoms with Crippen molar-refractivity contribution in [1.82, 2.24) is 0 Å². The molecule has 4 nitrogen and oxygen atoms in total. The van der Waals surface area contributed by atoms with E-state index in [2.05, 4.69) is 23.3 Å². The Kier molecular flexibility index (Phi) is 5.83. The molecule has 0 saturated carbocycles. The first-order chi connectivity index (χ1) is 10.7. The monoisotopic (exact) mass is 297 g/mol. The Morgan fingerprint density at radius 2 is 1.86 bits per heavy atom. The van der Waals surface area contributed by atoms with Crippen LogP contribution in [0.25, 0.3) is 0 Å². The summed E-state index contributed by atoms with van der Waals surface area (Å²) < 4.78 is 5.61. The highest BCUT2D eigenvalue weighted by atomic mass is 16.5. The average molecular weight is 297 g/mol. The number of benzene rings is 2. The maximum atomic E-state index is 5.91. The van der Waals surface area contributed by atoms with E-state index in [9.17, 15) is 0 Å². The summed E-state index contributed by atoms with van der Waals surface area (Å²) in [7, 11) is 0. The molecule has 0 aliphatic carbocycles. The van der Waals surface area contributed by atoms with Gasteiger partial charge in [0.15, 0.2) is 5.96 Å². The number of nitrogens with zero attached hydrogens (tertiary/aromatic N) is 1. The number of hydrogen-bond donors (Lipinski definition) is 2. The number of nitrogens with one attached hydrogen (secondary N) is 1. The van der Waals surface area contributed by atoms with Crippen molar-refractivity contribution in [1.29, 1.82) is 0 Å². The maximum absolute atomic E-state index is 5.91. The summed E-state index contributed by atoms with van der Waals surface area (Å²) in [4.78, 5) is 4.37. The van der Waals surface area contributed by atoms with Crippen LogP contribution in [0, 0.1) is 6.92 Å². The molecule has 2 aromatic rings. The predicted octanol–water partition coefficient (Wildman–Crippen LogP) is 3.36. The molecule has 2 aromatic carbocycles. The van der Waals surface area contributed by atoms with E-state index in [1.54, 1.807) is 0 Å². The molecule has 3 N–H and O–H groups in total. The van der Waals surface area contributed by atoms with Crippen LogP contribution in [0.15, 0.2) is 53.5 Å². The molecule has 4 heteroatoms. The predicted molar refractivity (Wildman–Crippen MR) is 92.6 cm³/mol. The number of guanidine groups is 1. The second kappa shape index (κ2) is 8.08. The second-order valence-corrected chi connectivity index (χ2v) is 5.05. The standard InChI is InChI=1S/C18H23N3O/c1-3-22-17-7-5-4-6-15(17)12-13-20-18(19)21-16-10-8-14(2)9-11-16/h4-11H,3,12-13H2,1-2H3,(H3,19,20,21). The Bertz CT molecular complexity index is 620. The normalized spacial score (nSPS) is 11.3. The number of ether oxygens (including phenoxy) is 1. The van der Waals surface area contributed by atoms with Crippen molar-refractivity contribution in [3.05, 3.63) is 59.7 Å². The highest BCUT2D eigenvalue weighted by Gasteiger charge is 2.02. The molecule has 0 aromatic heterocycles. The maximum Gasteiger partial charge on any atom is 0.193 e. The molecule has 0 bridgehead atoms. The molecule has 0 unspecified atom stereocenters. The van der Waals surface area contributed by atoms with E-state index in [1.165, 1.54) is 5.56 Å². The molecular weight excluding hydrogens is 274 g/mol. The van der Waals surface area contributed by atoms with E-state index in [1.807, 2.05) is 49.4 Å². The summed E-state index contributed by atoms with van der Waals surface area (Å²) in [6, 6.07) is 16.1. The van der Waals surface area contributed by atoms with Gasteiger partial charge in [-0.2, -0.15) is 0 Å². The van der Waals surface area contributed by atoms with Gasteiger partial charge in [0.25, 0.3) is 0 Å². The number of anilines is 1. The van der Waals surface area contributed by atoms with Gasteiger partial charge in [-0.15, -0.1) is 0 Å². The molecule has 0 amide bonds. The number of rotatable bonds is 6. The molecule has 0 heterocycles. The first-order valence-corrected chi connectivity index (χ1v) is 7.53. The number of hydrogen-bond acceptors (Lipinski definition) is 2. The minimum Gasteiger partial charge on any atom is -0.494 e. The highest BCUT2D eigenvalue weighted by Crippen LogP contribution is 2.18. The third-order valence-electron chi connectivity index (χ3n) is 3.26. The number of aliphatic imine (C=N–C) groups is 1. The van der Waals surface area contributed by atoms with Crippen molar-refractivity contribution in [2.45, 2.75) is 20.3 Å². The topological polar surface area (TPSA) is 59.6 Å². The van der Waals surface area contributed by atoms with Gasteiger partial charge in [-0.3, -0.25) is 4.99 Å². The fourth-order valence-corrected chi connectivity index (χ4v) is 2.13. The Balaban J connectivity index is 1.90. The molecule has 116 valence electrons. The van der Waals surface area contributed by atoms with Gasteiger partial charge < -0.3 is 15.8 Å². The molecular formula is C18H23N3O. The minimum absolute atomic E-state index is 0.428. The molecule has 0 radical (unpaired) electrons. The summed E-state index contributed by atoms with van der Waals surface area (Å²) in [5.74, 6) is 1.35. The number of para-hydroxylation sites is 1. The smallest absolute Gasteiger partial charge is 0.193 e. The molecule has 0 saturated heterocycles. The van der Waals surface area contributed by atoms with Gasteiger partial charge in [0.1, 0.15) is 5.75 Å². The van der Waals surface area contributed by atoms with E-state index < -0.39 is 0 Å². The molecule has 0 spiro atoms. The highest BCUT2D eigenvalue weighted by molar-refractivity contribution is 5.92. The van der Waals surface area contributed by atoms with Crippen LogP contribution in [-0.4, -0.2) is 19.1 Å². The lowest BCUT2D eigenvalue weighted by molar-refractivity contribution is 0.336. The van der Waals surface area contributed by atoms with Gasteiger partial charge in [0.05, 0.1) is 6.61 Å². The van der Waals surface area contributed by atoms with Gasteiger partial charge in [-0.25, -0.2) is 0 Å². The van der Waals surface area contributed by atoms with Crippen molar-refractivity contribution in [2.75, 3.05) is 18.5 Å². The van der Waals surface area contributed by atoms with Gasteiger partial charge in [0, 0.05) is 12.2 Å². The Hall–Kier alpha value is -2.49. The molecule has 0 aliphatic heterocycles. The van der Waals surface area contributed by atoms with Crippen LogP contribution < -0.4 is 15.8 Å². The van der Waals surface area contributed by atoms with Crippen molar-refractivity contribution in [3.63, 3.8) is 0 Å². The van der Waals surface area contributed by atoms with Crippen LogP contribution in [0.2, 0.25) is 0 Å². The zero-order valence-electron chi connectivity index (χ0n) is 13.2. The van der Waals surface area contributed by atoms with Crippen LogP contribution in [0.5, 0.6) is 5.75 Å². The molecule has 22 heavy (non-hydrogen) atoms. The van der Waals surface area contributed by atoms with Crippen LogP contribution >= 0.6 is 0 Å². The zero-order chi connectivity index (χ0) is 15.8. The fourth-order valence-electron chi connectivity index (χ4n) is 2.13. The first-order valence-electron chi connectivity index (χ1n) is 7.53. The van der Waals surface area contributed by atoms with Crippen molar-refractivity contribution >= 4 is 11.6 Å².